The van der Waals surface area contributed by atoms with Crippen LogP contribution in [0.5, 0.6) is 0 Å². The molecular weight excluding hydrogens is 296 g/mol. The zero-order chi connectivity index (χ0) is 2.71. The number of hydrogen-bond acceptors (Lipinski definition) is 2. The Morgan fingerprint density at radius 1 is 1.20 bits per heavy atom. The van der Waals surface area contributed by atoms with Gasteiger partial charge in [0.15, 0.2) is 0 Å². The van der Waals surface area contributed by atoms with Crippen molar-refractivity contribution in [3.8, 4) is 0 Å². The first kappa shape index (κ1) is 16.3. The summed E-state index contributed by atoms with van der Waals surface area (Å²) in [5.41, 5.74) is 0. The molecule has 5 heavy (non-hydrogen) atoms. The third kappa shape index (κ3) is 36.0. The van der Waals surface area contributed by atoms with Crippen molar-refractivity contribution >= 4 is 52.9 Å². The Hall–Kier alpha value is 1.23. The van der Waals surface area contributed by atoms with E-state index in [1.54, 1.807) is 0 Å². The van der Waals surface area contributed by atoms with E-state index < -0.39 is 9.29 Å². The molecular formula is AlBiO2Si. The van der Waals surface area contributed by atoms with Crippen molar-refractivity contribution in [2.24, 2.45) is 0 Å². The Labute approximate surface area is 61.5 Å². The van der Waals surface area contributed by atoms with Crippen molar-refractivity contribution in [2.75, 3.05) is 0 Å². The average Bonchev–Trinajstić information content (AvgIpc) is 0.918. The molecule has 6 radical (unpaired) electrons. The van der Waals surface area contributed by atoms with Crippen molar-refractivity contribution in [1.29, 1.82) is 0 Å². The minimum absolute atomic E-state index is 0. The van der Waals surface area contributed by atoms with Crippen LogP contribution in [-0.4, -0.2) is 52.9 Å². The third-order valence-corrected chi connectivity index (χ3v) is 0. The second kappa shape index (κ2) is 18.8. The van der Waals surface area contributed by atoms with Gasteiger partial charge in [0.1, 0.15) is 0 Å². The fourth-order valence-corrected chi connectivity index (χ4v) is 0. The maximum atomic E-state index is 8.40. The summed E-state index contributed by atoms with van der Waals surface area (Å²) in [7, 11) is -1.42. The van der Waals surface area contributed by atoms with Crippen LogP contribution in [0.2, 0.25) is 0 Å². The maximum absolute atomic E-state index is 8.40. The Balaban J connectivity index is -0.0000000200. The summed E-state index contributed by atoms with van der Waals surface area (Å²) in [6, 6.07) is 0. The average molecular weight is 296 g/mol. The molecule has 0 aromatic rings. The van der Waals surface area contributed by atoms with Gasteiger partial charge >= 0.3 is 9.29 Å². The summed E-state index contributed by atoms with van der Waals surface area (Å²) < 4.78 is 16.8. The zero-order valence-corrected chi connectivity index (χ0v) is 7.97. The molecule has 24 valence electrons. The maximum Gasteiger partial charge on any atom is 0.549 e. The van der Waals surface area contributed by atoms with Crippen LogP contribution in [0.3, 0.4) is 0 Å². The van der Waals surface area contributed by atoms with Gasteiger partial charge in [-0.3, -0.25) is 8.92 Å². The van der Waals surface area contributed by atoms with Crippen LogP contribution in [0.4, 0.5) is 0 Å². The van der Waals surface area contributed by atoms with Crippen molar-refractivity contribution < 1.29 is 8.92 Å². The van der Waals surface area contributed by atoms with E-state index in [9.17, 15) is 0 Å². The Morgan fingerprint density at radius 2 is 1.20 bits per heavy atom. The first-order valence-corrected chi connectivity index (χ1v) is 1.22. The Bertz CT molecular complexity index is 30.6. The second-order valence-electron chi connectivity index (χ2n) is 0.0833. The van der Waals surface area contributed by atoms with Crippen molar-refractivity contribution in [3.63, 3.8) is 0 Å². The van der Waals surface area contributed by atoms with Crippen molar-refractivity contribution in [3.05, 3.63) is 0 Å². The van der Waals surface area contributed by atoms with E-state index in [-0.39, 0.29) is 43.6 Å². The molecule has 0 aliphatic carbocycles. The van der Waals surface area contributed by atoms with Gasteiger partial charge in [-0.05, 0) is 0 Å². The molecule has 0 aliphatic heterocycles. The largest absolute Gasteiger partial charge is 0.549 e. The van der Waals surface area contributed by atoms with Gasteiger partial charge in [-0.1, -0.05) is 0 Å². The molecule has 0 rings (SSSR count). The fraction of sp³-hybridized carbons (Fsp3) is 0. The summed E-state index contributed by atoms with van der Waals surface area (Å²) >= 11 is 0. The van der Waals surface area contributed by atoms with Gasteiger partial charge in [-0.15, -0.1) is 0 Å². The molecule has 0 bridgehead atoms. The third-order valence-electron chi connectivity index (χ3n) is 0. The summed E-state index contributed by atoms with van der Waals surface area (Å²) in [5.74, 6) is 0. The van der Waals surface area contributed by atoms with Crippen molar-refractivity contribution in [2.45, 2.75) is 0 Å². The predicted octanol–water partition coefficient (Wildman–Crippen LogP) is -1.38. The molecule has 0 fully saturated rings. The van der Waals surface area contributed by atoms with E-state index in [0.29, 0.717) is 0 Å². The molecule has 2 nitrogen and oxygen atoms in total. The fourth-order valence-electron chi connectivity index (χ4n) is 0. The molecule has 0 unspecified atom stereocenters. The SMILES string of the molecule is O=[Si]=O.[Al].[Bi]. The molecule has 0 aromatic carbocycles. The standard InChI is InChI=1S/Al.Bi.O2Si/c;;1-3-2. The molecule has 0 saturated carbocycles. The number of rotatable bonds is 0. The zero-order valence-electron chi connectivity index (χ0n) is 2.34. The molecule has 0 spiro atoms. The topological polar surface area (TPSA) is 34.1 Å². The molecule has 0 amide bonds. The molecule has 5 heteroatoms. The molecule has 0 aliphatic rings. The van der Waals surface area contributed by atoms with Crippen LogP contribution in [0, 0.1) is 0 Å². The van der Waals surface area contributed by atoms with Gasteiger partial charge in [0.25, 0.3) is 0 Å². The van der Waals surface area contributed by atoms with Gasteiger partial charge < -0.3 is 0 Å². The molecule has 0 N–H and O–H groups in total. The van der Waals surface area contributed by atoms with Crippen LogP contribution in [0.25, 0.3) is 0 Å². The van der Waals surface area contributed by atoms with Gasteiger partial charge in [0.2, 0.25) is 0 Å². The van der Waals surface area contributed by atoms with Gasteiger partial charge in [0.05, 0.1) is 0 Å². The van der Waals surface area contributed by atoms with Crippen LogP contribution >= 0.6 is 0 Å². The molecule has 0 aromatic heterocycles. The minimum atomic E-state index is -1.42. The summed E-state index contributed by atoms with van der Waals surface area (Å²) in [5, 5.41) is 0. The van der Waals surface area contributed by atoms with E-state index >= 15 is 0 Å². The van der Waals surface area contributed by atoms with E-state index in [1.165, 1.54) is 0 Å². The van der Waals surface area contributed by atoms with E-state index in [4.69, 9.17) is 8.92 Å². The minimum Gasteiger partial charge on any atom is -0.274 e. The summed E-state index contributed by atoms with van der Waals surface area (Å²) in [6.45, 7) is 0. The van der Waals surface area contributed by atoms with E-state index in [1.807, 2.05) is 0 Å². The molecule has 0 heterocycles. The monoisotopic (exact) mass is 296 g/mol. The smallest absolute Gasteiger partial charge is 0.274 e. The van der Waals surface area contributed by atoms with Gasteiger partial charge in [-0.2, -0.15) is 0 Å². The first-order valence-electron chi connectivity index (χ1n) is 0.408. The molecule has 0 saturated heterocycles. The Kier molecular flexibility index (Phi) is 61.4. The predicted molar refractivity (Wildman–Crippen MR) is 18.6 cm³/mol. The summed E-state index contributed by atoms with van der Waals surface area (Å²) in [4.78, 5) is 0. The van der Waals surface area contributed by atoms with Crippen LogP contribution in [0.15, 0.2) is 0 Å². The molecule has 0 atom stereocenters. The van der Waals surface area contributed by atoms with E-state index in [2.05, 4.69) is 0 Å². The second-order valence-corrected chi connectivity index (χ2v) is 0.250. The van der Waals surface area contributed by atoms with E-state index in [0.717, 1.165) is 0 Å². The number of hydrogen-bond donors (Lipinski definition) is 0. The van der Waals surface area contributed by atoms with Crippen molar-refractivity contribution in [1.82, 2.24) is 0 Å². The Morgan fingerprint density at radius 3 is 1.20 bits per heavy atom. The van der Waals surface area contributed by atoms with Gasteiger partial charge in [0, 0.05) is 43.6 Å². The van der Waals surface area contributed by atoms with Crippen LogP contribution < -0.4 is 0 Å². The first-order chi connectivity index (χ1) is 1.41. The normalized spacial score (nSPS) is 1.60. The van der Waals surface area contributed by atoms with Crippen LogP contribution in [0.1, 0.15) is 0 Å². The summed E-state index contributed by atoms with van der Waals surface area (Å²) in [6.07, 6.45) is 0. The van der Waals surface area contributed by atoms with Gasteiger partial charge in [-0.25, -0.2) is 0 Å². The quantitative estimate of drug-likeness (QED) is 0.516. The van der Waals surface area contributed by atoms with Crippen LogP contribution in [-0.2, 0) is 8.92 Å².